The van der Waals surface area contributed by atoms with Gasteiger partial charge in [-0.1, -0.05) is 171 Å². The summed E-state index contributed by atoms with van der Waals surface area (Å²) in [6.07, 6.45) is 0. The molecule has 0 fully saturated rings. The molecule has 0 N–H and O–H groups in total. The van der Waals surface area contributed by atoms with Crippen LogP contribution in [0.1, 0.15) is 99.9 Å². The molecule has 0 saturated heterocycles. The summed E-state index contributed by atoms with van der Waals surface area (Å²) in [4.78, 5) is 5.12. The Morgan fingerprint density at radius 2 is 0.788 bits per heavy atom. The van der Waals surface area contributed by atoms with Crippen molar-refractivity contribution in [2.24, 2.45) is 0 Å². The van der Waals surface area contributed by atoms with Crippen molar-refractivity contribution < 1.29 is 0 Å². The van der Waals surface area contributed by atoms with Crippen molar-refractivity contribution in [3.8, 4) is 33.4 Å². The molecule has 13 rings (SSSR count). The second kappa shape index (κ2) is 13.2. The smallest absolute Gasteiger partial charge is 0.0544 e. The standard InChI is InChI=1S/C64H54N2/c1-61(2)51-22-14-12-20-47(51)49-36-43(28-31-52(49)61)65(44-27-30-48-46-19-11-13-21-50(46)62(3,4)54(48)37-44)45-29-32-59-55(38-45)64(7,8)57-35-42(41-26-25-39-17-9-10-18-40(39)33-41)34-56-60(57)66(59)58-24-16-15-23-53(58)63(56,5)6/h9-38H,1-8H3. The molecule has 0 aromatic heterocycles. The van der Waals surface area contributed by atoms with Gasteiger partial charge < -0.3 is 9.80 Å². The Balaban J connectivity index is 1.04. The highest BCUT2D eigenvalue weighted by atomic mass is 15.2. The zero-order chi connectivity index (χ0) is 45.1. The third-order valence-electron chi connectivity index (χ3n) is 16.4. The monoisotopic (exact) mass is 850 g/mol. The Hall–Kier alpha value is -7.16. The van der Waals surface area contributed by atoms with Gasteiger partial charge in [0, 0.05) is 38.7 Å². The minimum Gasteiger partial charge on any atom is -0.310 e. The first-order valence-corrected chi connectivity index (χ1v) is 23.8. The van der Waals surface area contributed by atoms with Crippen LogP contribution in [-0.2, 0) is 21.7 Å². The molecule has 0 unspecified atom stereocenters. The molecule has 2 aliphatic heterocycles. The maximum atomic E-state index is 2.59. The molecule has 4 aliphatic rings. The van der Waals surface area contributed by atoms with Crippen LogP contribution >= 0.6 is 0 Å². The molecule has 0 radical (unpaired) electrons. The van der Waals surface area contributed by atoms with Crippen molar-refractivity contribution in [3.05, 3.63) is 226 Å². The molecule has 0 spiro atoms. The summed E-state index contributed by atoms with van der Waals surface area (Å²) in [5.41, 5.74) is 25.3. The molecular formula is C64H54N2. The first kappa shape index (κ1) is 39.2. The number of nitrogens with zero attached hydrogens (tertiary/aromatic N) is 2. The third-order valence-corrected chi connectivity index (χ3v) is 16.4. The average Bonchev–Trinajstić information content (AvgIpc) is 3.70. The molecule has 2 nitrogen and oxygen atoms in total. The van der Waals surface area contributed by atoms with Crippen LogP contribution in [0.2, 0.25) is 0 Å². The van der Waals surface area contributed by atoms with Crippen LogP contribution in [0.5, 0.6) is 0 Å². The van der Waals surface area contributed by atoms with Gasteiger partial charge in [-0.25, -0.2) is 0 Å². The SMILES string of the molecule is CC1(C)c2ccccc2-c2cc(N(c3ccc4c(c3)C(C)(C)c3ccccc3-4)c3ccc4c(c3)C(C)(C)c3cc(-c5ccc6ccccc6c5)cc5c3N4c3ccccc3C5(C)C)ccc21. The largest absolute Gasteiger partial charge is 0.310 e. The van der Waals surface area contributed by atoms with Crippen LogP contribution in [-0.4, -0.2) is 0 Å². The molecule has 0 atom stereocenters. The maximum Gasteiger partial charge on any atom is 0.0544 e. The number of benzene rings is 9. The van der Waals surface area contributed by atoms with Crippen LogP contribution in [0.4, 0.5) is 34.1 Å². The molecule has 2 heterocycles. The van der Waals surface area contributed by atoms with E-state index in [1.807, 2.05) is 0 Å². The highest BCUT2D eigenvalue weighted by molar-refractivity contribution is 5.97. The molecule has 2 aliphatic carbocycles. The summed E-state index contributed by atoms with van der Waals surface area (Å²) in [6.45, 7) is 19.2. The second-order valence-electron chi connectivity index (χ2n) is 21.4. The lowest BCUT2D eigenvalue weighted by molar-refractivity contribution is 0.598. The lowest BCUT2D eigenvalue weighted by Crippen LogP contribution is -2.38. The summed E-state index contributed by atoms with van der Waals surface area (Å²) in [5.74, 6) is 0. The summed E-state index contributed by atoms with van der Waals surface area (Å²) < 4.78 is 0. The minimum atomic E-state index is -0.338. The van der Waals surface area contributed by atoms with Crippen molar-refractivity contribution in [1.29, 1.82) is 0 Å². The fraction of sp³-hybridized carbons (Fsp3) is 0.188. The normalized spacial score (nSPS) is 16.6. The number of para-hydroxylation sites is 1. The summed E-state index contributed by atoms with van der Waals surface area (Å²) in [6, 6.07) is 69.5. The van der Waals surface area contributed by atoms with Gasteiger partial charge >= 0.3 is 0 Å². The van der Waals surface area contributed by atoms with Crippen molar-refractivity contribution in [3.63, 3.8) is 0 Å². The number of hydrogen-bond donors (Lipinski definition) is 0. The lowest BCUT2D eigenvalue weighted by atomic mass is 9.65. The highest BCUT2D eigenvalue weighted by Crippen LogP contribution is 2.62. The molecule has 0 bridgehead atoms. The molecule has 320 valence electrons. The van der Waals surface area contributed by atoms with E-state index in [-0.39, 0.29) is 21.7 Å². The van der Waals surface area contributed by atoms with Gasteiger partial charge in [0.05, 0.1) is 17.1 Å². The Morgan fingerprint density at radius 1 is 0.303 bits per heavy atom. The Labute approximate surface area is 389 Å². The number of rotatable bonds is 4. The highest BCUT2D eigenvalue weighted by Gasteiger charge is 2.46. The van der Waals surface area contributed by atoms with Gasteiger partial charge in [0.25, 0.3) is 0 Å². The first-order valence-electron chi connectivity index (χ1n) is 23.8. The molecule has 9 aromatic carbocycles. The van der Waals surface area contributed by atoms with Gasteiger partial charge in [-0.3, -0.25) is 0 Å². The average molecular weight is 851 g/mol. The number of hydrogen-bond acceptors (Lipinski definition) is 2. The van der Waals surface area contributed by atoms with E-state index in [0.717, 1.165) is 11.4 Å². The number of fused-ring (bicyclic) bond motifs is 11. The topological polar surface area (TPSA) is 6.48 Å². The van der Waals surface area contributed by atoms with E-state index >= 15 is 0 Å². The molecule has 2 heteroatoms. The van der Waals surface area contributed by atoms with E-state index < -0.39 is 0 Å². The third kappa shape index (κ3) is 5.19. The second-order valence-corrected chi connectivity index (χ2v) is 21.4. The lowest BCUT2D eigenvalue weighted by Gasteiger charge is -2.50. The van der Waals surface area contributed by atoms with E-state index in [9.17, 15) is 0 Å². The van der Waals surface area contributed by atoms with Crippen LogP contribution in [0, 0.1) is 0 Å². The fourth-order valence-corrected chi connectivity index (χ4v) is 12.7. The van der Waals surface area contributed by atoms with Crippen LogP contribution in [0.15, 0.2) is 182 Å². The van der Waals surface area contributed by atoms with E-state index in [2.05, 4.69) is 247 Å². The molecule has 0 amide bonds. The van der Waals surface area contributed by atoms with E-state index in [1.54, 1.807) is 0 Å². The van der Waals surface area contributed by atoms with Gasteiger partial charge in [0.1, 0.15) is 0 Å². The van der Waals surface area contributed by atoms with Gasteiger partial charge in [0.2, 0.25) is 0 Å². The van der Waals surface area contributed by atoms with Crippen molar-refractivity contribution in [2.75, 3.05) is 9.80 Å². The minimum absolute atomic E-state index is 0.0776. The van der Waals surface area contributed by atoms with E-state index in [4.69, 9.17) is 0 Å². The quantitative estimate of drug-likeness (QED) is 0.174. The van der Waals surface area contributed by atoms with Gasteiger partial charge in [-0.2, -0.15) is 0 Å². The maximum absolute atomic E-state index is 2.59. The van der Waals surface area contributed by atoms with Crippen molar-refractivity contribution in [1.82, 2.24) is 0 Å². The molecule has 9 aromatic rings. The fourth-order valence-electron chi connectivity index (χ4n) is 12.7. The van der Waals surface area contributed by atoms with E-state index in [1.165, 1.54) is 111 Å². The van der Waals surface area contributed by atoms with Crippen LogP contribution < -0.4 is 9.80 Å². The van der Waals surface area contributed by atoms with E-state index in [0.29, 0.717) is 0 Å². The zero-order valence-corrected chi connectivity index (χ0v) is 39.2. The van der Waals surface area contributed by atoms with Gasteiger partial charge in [-0.15, -0.1) is 0 Å². The van der Waals surface area contributed by atoms with Crippen molar-refractivity contribution >= 4 is 44.9 Å². The first-order chi connectivity index (χ1) is 31.7. The summed E-state index contributed by atoms with van der Waals surface area (Å²) in [5, 5.41) is 2.53. The zero-order valence-electron chi connectivity index (χ0n) is 39.2. The number of anilines is 6. The summed E-state index contributed by atoms with van der Waals surface area (Å²) >= 11 is 0. The van der Waals surface area contributed by atoms with Crippen LogP contribution in [0.3, 0.4) is 0 Å². The van der Waals surface area contributed by atoms with Gasteiger partial charge in [0.15, 0.2) is 0 Å². The molecular weight excluding hydrogens is 797 g/mol. The molecule has 0 saturated carbocycles. The Bertz CT molecular complexity index is 3560. The predicted octanol–water partition coefficient (Wildman–Crippen LogP) is 17.3. The predicted molar refractivity (Wildman–Crippen MR) is 278 cm³/mol. The summed E-state index contributed by atoms with van der Waals surface area (Å²) in [7, 11) is 0. The Morgan fingerprint density at radius 3 is 1.52 bits per heavy atom. The molecule has 66 heavy (non-hydrogen) atoms. The van der Waals surface area contributed by atoms with Crippen molar-refractivity contribution in [2.45, 2.75) is 77.0 Å². The van der Waals surface area contributed by atoms with Crippen LogP contribution in [0.25, 0.3) is 44.2 Å². The Kier molecular flexibility index (Phi) is 7.86. The van der Waals surface area contributed by atoms with Gasteiger partial charge in [-0.05, 0) is 155 Å².